The summed E-state index contributed by atoms with van der Waals surface area (Å²) in [5.41, 5.74) is -0.797. The molecule has 0 aliphatic rings. The first-order valence-electron chi connectivity index (χ1n) is 12.1. The zero-order valence-corrected chi connectivity index (χ0v) is 21.8. The van der Waals surface area contributed by atoms with Gasteiger partial charge >= 0.3 is 18.4 Å². The Morgan fingerprint density at radius 1 is 0.927 bits per heavy atom. The van der Waals surface area contributed by atoms with Crippen LogP contribution in [0, 0.1) is 11.6 Å². The van der Waals surface area contributed by atoms with E-state index in [1.54, 1.807) is 30.3 Å². The average Bonchev–Trinajstić information content (AvgIpc) is 2.92. The average molecular weight is 594 g/mol. The van der Waals surface area contributed by atoms with Gasteiger partial charge in [-0.3, -0.25) is 4.98 Å². The number of benzene rings is 3. The van der Waals surface area contributed by atoms with E-state index in [-0.39, 0.29) is 28.4 Å². The summed E-state index contributed by atoms with van der Waals surface area (Å²) in [6, 6.07) is 18.8. The molecule has 2 N–H and O–H groups in total. The van der Waals surface area contributed by atoms with Crippen molar-refractivity contribution >= 4 is 23.3 Å². The molecule has 0 radical (unpaired) electrons. The van der Waals surface area contributed by atoms with Gasteiger partial charge in [-0.05, 0) is 53.6 Å². The second-order valence-electron chi connectivity index (χ2n) is 9.04. The van der Waals surface area contributed by atoms with Crippen molar-refractivity contribution in [1.82, 2.24) is 10.3 Å². The van der Waals surface area contributed by atoms with Gasteiger partial charge in [-0.25, -0.2) is 22.4 Å². The lowest BCUT2D eigenvalue weighted by Gasteiger charge is -2.35. The first-order valence-corrected chi connectivity index (χ1v) is 12.5. The lowest BCUT2D eigenvalue weighted by atomic mass is 9.80. The molecule has 214 valence electrons. The summed E-state index contributed by atoms with van der Waals surface area (Å²) in [6.45, 7) is -1.72. The molecule has 0 aliphatic carbocycles. The van der Waals surface area contributed by atoms with E-state index in [9.17, 15) is 31.1 Å². The van der Waals surface area contributed by atoms with E-state index < -0.39 is 47.9 Å². The largest absolute Gasteiger partial charge is 0.487 e. The van der Waals surface area contributed by atoms with Crippen LogP contribution in [0.25, 0.3) is 0 Å². The Morgan fingerprint density at radius 3 is 2.34 bits per heavy atom. The van der Waals surface area contributed by atoms with Gasteiger partial charge in [0.05, 0.1) is 10.7 Å². The molecule has 0 saturated carbocycles. The van der Waals surface area contributed by atoms with Crippen LogP contribution in [0.1, 0.15) is 16.8 Å². The summed E-state index contributed by atoms with van der Waals surface area (Å²) in [5, 5.41) is 5.54. The molecule has 2 amide bonds. The second-order valence-corrected chi connectivity index (χ2v) is 9.48. The molecule has 3 aromatic carbocycles. The molecular weight excluding hydrogens is 572 g/mol. The third-order valence-corrected chi connectivity index (χ3v) is 6.22. The highest BCUT2D eigenvalue weighted by Gasteiger charge is 2.42. The molecular formula is C29H22ClF6N3O2. The highest BCUT2D eigenvalue weighted by molar-refractivity contribution is 6.30. The number of alkyl halides is 4. The lowest BCUT2D eigenvalue weighted by molar-refractivity contribution is -0.148. The van der Waals surface area contributed by atoms with Gasteiger partial charge in [0, 0.05) is 24.4 Å². The van der Waals surface area contributed by atoms with Crippen molar-refractivity contribution in [1.29, 1.82) is 0 Å². The number of urea groups is 1. The molecule has 0 spiro atoms. The van der Waals surface area contributed by atoms with Gasteiger partial charge in [-0.1, -0.05) is 48.0 Å². The summed E-state index contributed by atoms with van der Waals surface area (Å²) in [4.78, 5) is 17.7. The summed E-state index contributed by atoms with van der Waals surface area (Å²) >= 11 is 6.05. The molecule has 1 unspecified atom stereocenters. The van der Waals surface area contributed by atoms with Gasteiger partial charge in [-0.2, -0.15) is 8.78 Å². The predicted molar refractivity (Wildman–Crippen MR) is 142 cm³/mol. The molecule has 4 aromatic rings. The van der Waals surface area contributed by atoms with Crippen molar-refractivity contribution in [3.63, 3.8) is 0 Å². The third kappa shape index (κ3) is 7.49. The van der Waals surface area contributed by atoms with E-state index in [4.69, 9.17) is 16.3 Å². The smallest absolute Gasteiger partial charge is 0.340 e. The summed E-state index contributed by atoms with van der Waals surface area (Å²) in [7, 11) is 0. The molecule has 0 aliphatic heterocycles. The van der Waals surface area contributed by atoms with E-state index in [1.807, 2.05) is 0 Å². The van der Waals surface area contributed by atoms with Gasteiger partial charge in [-0.15, -0.1) is 0 Å². The Balaban J connectivity index is 1.84. The van der Waals surface area contributed by atoms with E-state index in [2.05, 4.69) is 15.6 Å². The lowest BCUT2D eigenvalue weighted by Crippen LogP contribution is -2.50. The third-order valence-electron chi connectivity index (χ3n) is 6.00. The van der Waals surface area contributed by atoms with E-state index in [0.717, 1.165) is 24.3 Å². The molecule has 0 fully saturated rings. The monoisotopic (exact) mass is 593 g/mol. The SMILES string of the molecule is O=C(Nc1cccc(F)c1)NC(Cc1ccccc1)(c1cc(F)cc(OCC(F)(F)C(F)F)c1)c1ccc(Cl)cn1. The number of carbonyl (C=O) groups excluding carboxylic acids is 1. The number of anilines is 1. The summed E-state index contributed by atoms with van der Waals surface area (Å²) < 4.78 is 86.2. The Labute approximate surface area is 236 Å². The number of pyridine rings is 1. The van der Waals surface area contributed by atoms with Crippen LogP contribution in [-0.2, 0) is 12.0 Å². The molecule has 5 nitrogen and oxygen atoms in total. The van der Waals surface area contributed by atoms with Crippen LogP contribution in [-0.4, -0.2) is 30.0 Å². The maximum Gasteiger partial charge on any atom is 0.340 e. The molecule has 1 aromatic heterocycles. The molecule has 41 heavy (non-hydrogen) atoms. The van der Waals surface area contributed by atoms with Gasteiger partial charge in [0.1, 0.15) is 22.9 Å². The number of rotatable bonds is 10. The fourth-order valence-corrected chi connectivity index (χ4v) is 4.22. The molecule has 0 saturated heterocycles. The first kappa shape index (κ1) is 29.7. The number of nitrogens with one attached hydrogen (secondary N) is 2. The normalized spacial score (nSPS) is 13.0. The van der Waals surface area contributed by atoms with Gasteiger partial charge in [0.25, 0.3) is 0 Å². The number of nitrogens with zero attached hydrogens (tertiary/aromatic N) is 1. The Kier molecular flexibility index (Phi) is 9.07. The van der Waals surface area contributed by atoms with Crippen molar-refractivity contribution in [3.05, 3.63) is 125 Å². The quantitative estimate of drug-likeness (QED) is 0.186. The molecule has 1 heterocycles. The molecule has 0 bridgehead atoms. The predicted octanol–water partition coefficient (Wildman–Crippen LogP) is 7.60. The summed E-state index contributed by atoms with van der Waals surface area (Å²) in [5.74, 6) is -6.55. The number of ether oxygens (including phenoxy) is 1. The van der Waals surface area contributed by atoms with Crippen LogP contribution in [0.3, 0.4) is 0 Å². The van der Waals surface area contributed by atoms with Gasteiger partial charge < -0.3 is 15.4 Å². The Morgan fingerprint density at radius 2 is 1.68 bits per heavy atom. The minimum absolute atomic E-state index is 0.0130. The highest BCUT2D eigenvalue weighted by atomic mass is 35.5. The van der Waals surface area contributed by atoms with E-state index in [0.29, 0.717) is 5.56 Å². The van der Waals surface area contributed by atoms with Crippen LogP contribution in [0.2, 0.25) is 5.02 Å². The Hall–Kier alpha value is -4.25. The number of hydrogen-bond donors (Lipinski definition) is 2. The topological polar surface area (TPSA) is 63.2 Å². The number of carbonyl (C=O) groups is 1. The van der Waals surface area contributed by atoms with Crippen molar-refractivity contribution in [2.45, 2.75) is 24.3 Å². The molecule has 12 heteroatoms. The minimum Gasteiger partial charge on any atom is -0.487 e. The van der Waals surface area contributed by atoms with Crippen LogP contribution < -0.4 is 15.4 Å². The maximum absolute atomic E-state index is 15.0. The Bertz CT molecular complexity index is 1490. The van der Waals surface area contributed by atoms with Crippen LogP contribution in [0.15, 0.2) is 91.1 Å². The van der Waals surface area contributed by atoms with Crippen LogP contribution in [0.5, 0.6) is 5.75 Å². The highest BCUT2D eigenvalue weighted by Crippen LogP contribution is 2.36. The minimum atomic E-state index is -4.49. The maximum atomic E-state index is 15.0. The van der Waals surface area contributed by atoms with E-state index >= 15 is 0 Å². The fourth-order valence-electron chi connectivity index (χ4n) is 4.11. The van der Waals surface area contributed by atoms with Crippen LogP contribution in [0.4, 0.5) is 36.8 Å². The van der Waals surface area contributed by atoms with Crippen LogP contribution >= 0.6 is 11.6 Å². The number of hydrogen-bond acceptors (Lipinski definition) is 3. The molecule has 4 rings (SSSR count). The van der Waals surface area contributed by atoms with E-state index in [1.165, 1.54) is 36.5 Å². The van der Waals surface area contributed by atoms with Crippen molar-refractivity contribution in [3.8, 4) is 5.75 Å². The summed E-state index contributed by atoms with van der Waals surface area (Å²) in [6.07, 6.45) is -2.75. The zero-order valence-electron chi connectivity index (χ0n) is 21.1. The molecule has 1 atom stereocenters. The fraction of sp³-hybridized carbons (Fsp3) is 0.172. The first-order chi connectivity index (χ1) is 19.5. The van der Waals surface area contributed by atoms with Crippen molar-refractivity contribution in [2.75, 3.05) is 11.9 Å². The second kappa shape index (κ2) is 12.5. The van der Waals surface area contributed by atoms with Gasteiger partial charge in [0.15, 0.2) is 6.61 Å². The zero-order chi connectivity index (χ0) is 29.6. The number of aromatic nitrogens is 1. The number of amides is 2. The van der Waals surface area contributed by atoms with Crippen molar-refractivity contribution in [2.24, 2.45) is 0 Å². The van der Waals surface area contributed by atoms with Crippen molar-refractivity contribution < 1.29 is 35.9 Å². The standard InChI is InChI=1S/C29H22ClF6N3O2/c30-20-9-10-25(37-16-20)28(15-18-5-2-1-3-6-18,39-27(40)38-23-8-4-7-21(31)13-23)19-11-22(32)14-24(12-19)41-17-29(35,36)26(33)34/h1-14,16,26H,15,17H2,(H2,38,39,40). The van der Waals surface area contributed by atoms with Gasteiger partial charge in [0.2, 0.25) is 0 Å². The number of halogens is 7.